The topological polar surface area (TPSA) is 54.2 Å². The number of pyridine rings is 1. The molecule has 98 valence electrons. The van der Waals surface area contributed by atoms with Crippen molar-refractivity contribution in [2.45, 2.75) is 0 Å². The number of nitrogens with one attached hydrogen (secondary N) is 1. The molecule has 2 aromatic rings. The van der Waals surface area contributed by atoms with Crippen LogP contribution in [0.5, 0.6) is 0 Å². The van der Waals surface area contributed by atoms with Crippen molar-refractivity contribution in [2.75, 3.05) is 24.3 Å². The van der Waals surface area contributed by atoms with Crippen LogP contribution in [0.3, 0.4) is 0 Å². The maximum atomic E-state index is 5.57. The Bertz CT molecular complexity index is 596. The summed E-state index contributed by atoms with van der Waals surface area (Å²) in [6.07, 6.45) is 0. The van der Waals surface area contributed by atoms with Crippen LogP contribution in [0.4, 0.5) is 17.2 Å². The first kappa shape index (κ1) is 13.3. The summed E-state index contributed by atoms with van der Waals surface area (Å²) in [5, 5.41) is 3.24. The number of hydrogen-bond acceptors (Lipinski definition) is 4. The highest BCUT2D eigenvalue weighted by atomic mass is 32.1. The predicted molar refractivity (Wildman–Crippen MR) is 84.2 cm³/mol. The summed E-state index contributed by atoms with van der Waals surface area (Å²) in [5.74, 6) is 0.723. The van der Waals surface area contributed by atoms with Crippen LogP contribution in [0.2, 0.25) is 0 Å². The molecular formula is C14H16N4S. The normalized spacial score (nSPS) is 10.0. The molecule has 0 fully saturated rings. The number of aromatic nitrogens is 1. The van der Waals surface area contributed by atoms with Gasteiger partial charge in [0.2, 0.25) is 0 Å². The molecular weight excluding hydrogens is 256 g/mol. The summed E-state index contributed by atoms with van der Waals surface area (Å²) >= 11 is 4.92. The first-order valence-electron chi connectivity index (χ1n) is 5.87. The fourth-order valence-electron chi connectivity index (χ4n) is 1.65. The third kappa shape index (κ3) is 3.42. The highest BCUT2D eigenvalue weighted by Crippen LogP contribution is 2.20. The second-order valence-electron chi connectivity index (χ2n) is 4.34. The Morgan fingerprint density at radius 1 is 1.21 bits per heavy atom. The second-order valence-corrected chi connectivity index (χ2v) is 4.78. The number of nitrogens with zero attached hydrogens (tertiary/aromatic N) is 2. The number of benzene rings is 1. The Balaban J connectivity index is 2.23. The van der Waals surface area contributed by atoms with Crippen molar-refractivity contribution in [1.29, 1.82) is 0 Å². The highest BCUT2D eigenvalue weighted by molar-refractivity contribution is 7.80. The number of hydrogen-bond donors (Lipinski definition) is 2. The minimum atomic E-state index is 0.297. The lowest BCUT2D eigenvalue weighted by Crippen LogP contribution is -2.12. The summed E-state index contributed by atoms with van der Waals surface area (Å²) in [4.78, 5) is 6.69. The Morgan fingerprint density at radius 2 is 1.95 bits per heavy atom. The zero-order valence-corrected chi connectivity index (χ0v) is 11.7. The van der Waals surface area contributed by atoms with Crippen LogP contribution in [0.1, 0.15) is 5.69 Å². The van der Waals surface area contributed by atoms with Crippen LogP contribution in [0, 0.1) is 0 Å². The lowest BCUT2D eigenvalue weighted by atomic mass is 10.2. The fourth-order valence-corrected chi connectivity index (χ4v) is 1.76. The van der Waals surface area contributed by atoms with E-state index in [0.29, 0.717) is 10.7 Å². The van der Waals surface area contributed by atoms with E-state index in [2.05, 4.69) is 16.4 Å². The Labute approximate surface area is 118 Å². The summed E-state index contributed by atoms with van der Waals surface area (Å²) < 4.78 is 0. The SMILES string of the molecule is CN(C)c1cccc(Nc2cccc(C(N)=S)n2)c1. The van der Waals surface area contributed by atoms with Crippen LogP contribution in [0.15, 0.2) is 42.5 Å². The molecule has 0 unspecified atom stereocenters. The minimum absolute atomic E-state index is 0.297. The van der Waals surface area contributed by atoms with E-state index in [0.717, 1.165) is 17.2 Å². The van der Waals surface area contributed by atoms with Crippen LogP contribution < -0.4 is 16.0 Å². The largest absolute Gasteiger partial charge is 0.388 e. The molecule has 0 aliphatic heterocycles. The molecule has 0 atom stereocenters. The van der Waals surface area contributed by atoms with E-state index >= 15 is 0 Å². The quantitative estimate of drug-likeness (QED) is 0.838. The molecule has 0 saturated heterocycles. The van der Waals surface area contributed by atoms with Gasteiger partial charge in [-0.2, -0.15) is 0 Å². The monoisotopic (exact) mass is 272 g/mol. The molecule has 5 heteroatoms. The van der Waals surface area contributed by atoms with Gasteiger partial charge in [-0.3, -0.25) is 0 Å². The van der Waals surface area contributed by atoms with E-state index in [1.165, 1.54) is 0 Å². The zero-order chi connectivity index (χ0) is 13.8. The molecule has 0 aliphatic carbocycles. The van der Waals surface area contributed by atoms with Gasteiger partial charge in [-0.05, 0) is 30.3 Å². The van der Waals surface area contributed by atoms with Gasteiger partial charge in [0.25, 0.3) is 0 Å². The third-order valence-corrected chi connectivity index (χ3v) is 2.85. The number of nitrogens with two attached hydrogens (primary N) is 1. The third-order valence-electron chi connectivity index (χ3n) is 2.64. The molecule has 1 aromatic heterocycles. The first-order chi connectivity index (χ1) is 9.06. The van der Waals surface area contributed by atoms with Crippen LogP contribution in [-0.4, -0.2) is 24.1 Å². The van der Waals surface area contributed by atoms with Crippen LogP contribution in [-0.2, 0) is 0 Å². The molecule has 3 N–H and O–H groups in total. The average Bonchev–Trinajstić information content (AvgIpc) is 2.39. The van der Waals surface area contributed by atoms with E-state index in [-0.39, 0.29) is 0 Å². The molecule has 0 saturated carbocycles. The summed E-state index contributed by atoms with van der Waals surface area (Å²) in [7, 11) is 4.01. The Kier molecular flexibility index (Phi) is 3.97. The molecule has 4 nitrogen and oxygen atoms in total. The van der Waals surface area contributed by atoms with Gasteiger partial charge in [-0.1, -0.05) is 24.4 Å². The summed E-state index contributed by atoms with van der Waals surface area (Å²) in [5.41, 5.74) is 8.28. The smallest absolute Gasteiger partial charge is 0.131 e. The van der Waals surface area contributed by atoms with Crippen molar-refractivity contribution in [3.63, 3.8) is 0 Å². The molecule has 0 aliphatic rings. The summed E-state index contributed by atoms with van der Waals surface area (Å²) in [6.45, 7) is 0. The Hall–Kier alpha value is -2.14. The van der Waals surface area contributed by atoms with Crippen molar-refractivity contribution in [3.8, 4) is 0 Å². The van der Waals surface area contributed by atoms with Crippen LogP contribution >= 0.6 is 12.2 Å². The maximum absolute atomic E-state index is 5.57. The lowest BCUT2D eigenvalue weighted by molar-refractivity contribution is 1.13. The standard InChI is InChI=1S/C14H16N4S/c1-18(2)11-6-3-5-10(9-11)16-13-8-4-7-12(17-13)14(15)19/h3-9H,1-2H3,(H2,15,19)(H,16,17). The van der Waals surface area contributed by atoms with E-state index in [4.69, 9.17) is 18.0 Å². The van der Waals surface area contributed by atoms with E-state index in [1.54, 1.807) is 6.07 Å². The van der Waals surface area contributed by atoms with Crippen molar-refractivity contribution in [1.82, 2.24) is 4.98 Å². The van der Waals surface area contributed by atoms with Gasteiger partial charge in [0, 0.05) is 25.5 Å². The van der Waals surface area contributed by atoms with Gasteiger partial charge >= 0.3 is 0 Å². The molecule has 1 heterocycles. The first-order valence-corrected chi connectivity index (χ1v) is 6.28. The van der Waals surface area contributed by atoms with Crippen molar-refractivity contribution >= 4 is 34.4 Å². The predicted octanol–water partition coefficient (Wildman–Crippen LogP) is 2.53. The number of thiocarbonyl (C=S) groups is 1. The van der Waals surface area contributed by atoms with Crippen molar-refractivity contribution < 1.29 is 0 Å². The molecule has 0 amide bonds. The van der Waals surface area contributed by atoms with Gasteiger partial charge in [-0.15, -0.1) is 0 Å². The lowest BCUT2D eigenvalue weighted by Gasteiger charge is -2.14. The molecule has 2 rings (SSSR count). The van der Waals surface area contributed by atoms with Gasteiger partial charge in [0.05, 0.1) is 5.69 Å². The zero-order valence-electron chi connectivity index (χ0n) is 10.9. The fraction of sp³-hybridized carbons (Fsp3) is 0.143. The van der Waals surface area contributed by atoms with E-state index < -0.39 is 0 Å². The highest BCUT2D eigenvalue weighted by Gasteiger charge is 2.02. The molecule has 0 spiro atoms. The number of anilines is 3. The maximum Gasteiger partial charge on any atom is 0.131 e. The number of rotatable bonds is 4. The molecule has 0 radical (unpaired) electrons. The van der Waals surface area contributed by atoms with Gasteiger partial charge in [0.1, 0.15) is 10.8 Å². The molecule has 19 heavy (non-hydrogen) atoms. The minimum Gasteiger partial charge on any atom is -0.388 e. The van der Waals surface area contributed by atoms with Gasteiger partial charge in [-0.25, -0.2) is 4.98 Å². The van der Waals surface area contributed by atoms with Gasteiger partial charge < -0.3 is 16.0 Å². The van der Waals surface area contributed by atoms with E-state index in [9.17, 15) is 0 Å². The molecule has 1 aromatic carbocycles. The summed E-state index contributed by atoms with van der Waals surface area (Å²) in [6, 6.07) is 13.6. The Morgan fingerprint density at radius 3 is 2.63 bits per heavy atom. The van der Waals surface area contributed by atoms with Crippen molar-refractivity contribution in [3.05, 3.63) is 48.2 Å². The van der Waals surface area contributed by atoms with Crippen molar-refractivity contribution in [2.24, 2.45) is 5.73 Å². The second kappa shape index (κ2) is 5.67. The average molecular weight is 272 g/mol. The molecule has 0 bridgehead atoms. The van der Waals surface area contributed by atoms with Crippen LogP contribution in [0.25, 0.3) is 0 Å². The van der Waals surface area contributed by atoms with E-state index in [1.807, 2.05) is 49.3 Å². The van der Waals surface area contributed by atoms with Gasteiger partial charge in [0.15, 0.2) is 0 Å².